The van der Waals surface area contributed by atoms with E-state index in [2.05, 4.69) is 10.4 Å². The number of hydrogen-bond donors (Lipinski definition) is 1. The molecule has 2 rings (SSSR count). The van der Waals surface area contributed by atoms with E-state index < -0.39 is 0 Å². The lowest BCUT2D eigenvalue weighted by molar-refractivity contribution is 0.0115. The van der Waals surface area contributed by atoms with E-state index in [1.165, 1.54) is 12.8 Å². The van der Waals surface area contributed by atoms with Crippen LogP contribution in [-0.2, 0) is 23.1 Å². The molecule has 0 amide bonds. The van der Waals surface area contributed by atoms with Crippen molar-refractivity contribution in [2.45, 2.75) is 45.3 Å². The first-order valence-electron chi connectivity index (χ1n) is 7.72. The Morgan fingerprint density at radius 3 is 3.14 bits per heavy atom. The van der Waals surface area contributed by atoms with E-state index in [4.69, 9.17) is 9.47 Å². The first kappa shape index (κ1) is 16.0. The number of ether oxygens (including phenoxy) is 2. The van der Waals surface area contributed by atoms with Crippen molar-refractivity contribution in [2.75, 3.05) is 19.8 Å². The summed E-state index contributed by atoms with van der Waals surface area (Å²) < 4.78 is 12.5. The van der Waals surface area contributed by atoms with E-state index in [0.717, 1.165) is 31.7 Å². The van der Waals surface area contributed by atoms with Gasteiger partial charge in [-0.1, -0.05) is 0 Å². The Balaban J connectivity index is 1.79. The fourth-order valence-corrected chi connectivity index (χ4v) is 2.56. The molecule has 1 aromatic rings. The van der Waals surface area contributed by atoms with E-state index in [-0.39, 0.29) is 5.97 Å². The van der Waals surface area contributed by atoms with Crippen molar-refractivity contribution in [3.8, 4) is 0 Å². The third-order valence-electron chi connectivity index (χ3n) is 3.77. The van der Waals surface area contributed by atoms with Crippen LogP contribution in [0.25, 0.3) is 0 Å². The molecule has 0 spiro atoms. The van der Waals surface area contributed by atoms with E-state index in [1.807, 2.05) is 7.05 Å². The number of carbonyl (C=O) groups excluding carboxylic acids is 1. The molecule has 1 aliphatic heterocycles. The molecular formula is C15H25N3O3. The van der Waals surface area contributed by atoms with Crippen LogP contribution in [0.3, 0.4) is 0 Å². The van der Waals surface area contributed by atoms with Gasteiger partial charge in [-0.2, -0.15) is 5.10 Å². The number of nitrogens with one attached hydrogen (secondary N) is 1. The molecule has 1 aromatic heterocycles. The zero-order valence-corrected chi connectivity index (χ0v) is 12.9. The minimum Gasteiger partial charge on any atom is -0.462 e. The van der Waals surface area contributed by atoms with Crippen molar-refractivity contribution in [2.24, 2.45) is 7.05 Å². The predicted octanol–water partition coefficient (Wildman–Crippen LogP) is 1.65. The number of hydrogen-bond acceptors (Lipinski definition) is 5. The smallest absolute Gasteiger partial charge is 0.341 e. The molecule has 6 heteroatoms. The number of aromatic nitrogens is 2. The molecular weight excluding hydrogens is 270 g/mol. The van der Waals surface area contributed by atoms with Crippen LogP contribution in [0.15, 0.2) is 6.20 Å². The van der Waals surface area contributed by atoms with Crippen LogP contribution in [-0.4, -0.2) is 41.6 Å². The molecule has 6 nitrogen and oxygen atoms in total. The molecule has 0 bridgehead atoms. The minimum absolute atomic E-state index is 0.307. The van der Waals surface area contributed by atoms with Crippen molar-refractivity contribution < 1.29 is 14.3 Å². The van der Waals surface area contributed by atoms with E-state index in [0.29, 0.717) is 24.8 Å². The molecule has 0 radical (unpaired) electrons. The summed E-state index contributed by atoms with van der Waals surface area (Å²) in [4.78, 5) is 11.8. The van der Waals surface area contributed by atoms with Gasteiger partial charge >= 0.3 is 5.97 Å². The molecule has 118 valence electrons. The van der Waals surface area contributed by atoms with Gasteiger partial charge in [0, 0.05) is 20.2 Å². The lowest BCUT2D eigenvalue weighted by atomic mass is 10.1. The molecule has 1 saturated heterocycles. The van der Waals surface area contributed by atoms with Gasteiger partial charge in [0.1, 0.15) is 5.56 Å². The molecule has 1 N–H and O–H groups in total. The summed E-state index contributed by atoms with van der Waals surface area (Å²) in [6.45, 7) is 4.55. The number of aryl methyl sites for hydroxylation is 1. The number of rotatable bonds is 7. The third kappa shape index (κ3) is 4.54. The van der Waals surface area contributed by atoms with Gasteiger partial charge in [0.25, 0.3) is 0 Å². The first-order chi connectivity index (χ1) is 10.2. The standard InChI is InChI=1S/C15H25N3O3/c1-3-20-15(19)13-10-17-18(2)14(13)11-16-8-7-12-6-4-5-9-21-12/h10,12,16H,3-9,11H2,1-2H3. The average Bonchev–Trinajstić information content (AvgIpc) is 2.86. The molecule has 1 aliphatic rings. The molecule has 1 atom stereocenters. The zero-order chi connectivity index (χ0) is 15.1. The molecule has 1 fully saturated rings. The fraction of sp³-hybridized carbons (Fsp3) is 0.733. The second-order valence-electron chi connectivity index (χ2n) is 5.30. The quantitative estimate of drug-likeness (QED) is 0.612. The SMILES string of the molecule is CCOC(=O)c1cnn(C)c1CNCCC1CCCCO1. The lowest BCUT2D eigenvalue weighted by Crippen LogP contribution is -2.26. The molecule has 0 aromatic carbocycles. The second-order valence-corrected chi connectivity index (χ2v) is 5.30. The van der Waals surface area contributed by atoms with Gasteiger partial charge in [-0.15, -0.1) is 0 Å². The summed E-state index contributed by atoms with van der Waals surface area (Å²) in [5, 5.41) is 7.50. The third-order valence-corrected chi connectivity index (χ3v) is 3.77. The highest BCUT2D eigenvalue weighted by Gasteiger charge is 2.17. The van der Waals surface area contributed by atoms with Gasteiger partial charge < -0.3 is 14.8 Å². The van der Waals surface area contributed by atoms with E-state index >= 15 is 0 Å². The Morgan fingerprint density at radius 1 is 1.57 bits per heavy atom. The van der Waals surface area contributed by atoms with Crippen molar-refractivity contribution in [1.82, 2.24) is 15.1 Å². The summed E-state index contributed by atoms with van der Waals surface area (Å²) in [5.41, 5.74) is 1.40. The highest BCUT2D eigenvalue weighted by atomic mass is 16.5. The first-order valence-corrected chi connectivity index (χ1v) is 7.72. The predicted molar refractivity (Wildman–Crippen MR) is 79.1 cm³/mol. The molecule has 0 aliphatic carbocycles. The van der Waals surface area contributed by atoms with Gasteiger partial charge in [-0.3, -0.25) is 4.68 Å². The van der Waals surface area contributed by atoms with Gasteiger partial charge in [0.2, 0.25) is 0 Å². The fourth-order valence-electron chi connectivity index (χ4n) is 2.56. The van der Waals surface area contributed by atoms with Crippen LogP contribution in [0, 0.1) is 0 Å². The van der Waals surface area contributed by atoms with Crippen LogP contribution >= 0.6 is 0 Å². The van der Waals surface area contributed by atoms with Crippen LogP contribution in [0.5, 0.6) is 0 Å². The molecule has 0 saturated carbocycles. The van der Waals surface area contributed by atoms with Gasteiger partial charge in [-0.25, -0.2) is 4.79 Å². The highest BCUT2D eigenvalue weighted by molar-refractivity contribution is 5.90. The molecule has 2 heterocycles. The van der Waals surface area contributed by atoms with Gasteiger partial charge in [-0.05, 0) is 39.2 Å². The molecule has 21 heavy (non-hydrogen) atoms. The van der Waals surface area contributed by atoms with E-state index in [1.54, 1.807) is 17.8 Å². The number of nitrogens with zero attached hydrogens (tertiary/aromatic N) is 2. The Labute approximate surface area is 125 Å². The summed E-state index contributed by atoms with van der Waals surface area (Å²) in [6, 6.07) is 0. The Morgan fingerprint density at radius 2 is 2.43 bits per heavy atom. The van der Waals surface area contributed by atoms with Crippen LogP contribution in [0.4, 0.5) is 0 Å². The number of esters is 1. The summed E-state index contributed by atoms with van der Waals surface area (Å²) >= 11 is 0. The van der Waals surface area contributed by atoms with E-state index in [9.17, 15) is 4.79 Å². The lowest BCUT2D eigenvalue weighted by Gasteiger charge is -2.22. The van der Waals surface area contributed by atoms with Crippen molar-refractivity contribution in [3.05, 3.63) is 17.5 Å². The Bertz CT molecular complexity index is 453. The van der Waals surface area contributed by atoms with Crippen molar-refractivity contribution in [1.29, 1.82) is 0 Å². The van der Waals surface area contributed by atoms with Crippen LogP contribution in [0.2, 0.25) is 0 Å². The highest BCUT2D eigenvalue weighted by Crippen LogP contribution is 2.15. The van der Waals surface area contributed by atoms with Crippen LogP contribution in [0.1, 0.15) is 48.7 Å². The maximum atomic E-state index is 11.8. The monoisotopic (exact) mass is 295 g/mol. The zero-order valence-electron chi connectivity index (χ0n) is 12.9. The second kappa shape index (κ2) is 8.14. The largest absolute Gasteiger partial charge is 0.462 e. The Kier molecular flexibility index (Phi) is 6.20. The van der Waals surface area contributed by atoms with Crippen molar-refractivity contribution >= 4 is 5.97 Å². The number of carbonyl (C=O) groups is 1. The summed E-state index contributed by atoms with van der Waals surface area (Å²) in [6.07, 6.45) is 6.55. The maximum Gasteiger partial charge on any atom is 0.341 e. The molecule has 1 unspecified atom stereocenters. The normalized spacial score (nSPS) is 18.7. The van der Waals surface area contributed by atoms with Gasteiger partial charge in [0.15, 0.2) is 0 Å². The van der Waals surface area contributed by atoms with Crippen LogP contribution < -0.4 is 5.32 Å². The summed E-state index contributed by atoms with van der Waals surface area (Å²) in [7, 11) is 1.84. The van der Waals surface area contributed by atoms with Gasteiger partial charge in [0.05, 0.1) is 24.6 Å². The Hall–Kier alpha value is -1.40. The average molecular weight is 295 g/mol. The maximum absolute atomic E-state index is 11.8. The van der Waals surface area contributed by atoms with Crippen molar-refractivity contribution in [3.63, 3.8) is 0 Å². The minimum atomic E-state index is -0.307. The summed E-state index contributed by atoms with van der Waals surface area (Å²) in [5.74, 6) is -0.307. The topological polar surface area (TPSA) is 65.4 Å².